The zero-order valence-electron chi connectivity index (χ0n) is 11.3. The summed E-state index contributed by atoms with van der Waals surface area (Å²) < 4.78 is 0. The van der Waals surface area contributed by atoms with Crippen molar-refractivity contribution < 1.29 is 0 Å². The SMILES string of the molecule is CCC1(CNCC2Cc3ccccc3N2)CCC1. The molecule has 0 spiro atoms. The van der Waals surface area contributed by atoms with Gasteiger partial charge in [-0.3, -0.25) is 0 Å². The van der Waals surface area contributed by atoms with E-state index in [0.29, 0.717) is 11.5 Å². The third kappa shape index (κ3) is 2.26. The Bertz CT molecular complexity index is 379. The van der Waals surface area contributed by atoms with Crippen molar-refractivity contribution in [3.63, 3.8) is 0 Å². The highest BCUT2D eigenvalue weighted by molar-refractivity contribution is 5.56. The van der Waals surface area contributed by atoms with E-state index in [-0.39, 0.29) is 0 Å². The van der Waals surface area contributed by atoms with Gasteiger partial charge in [0.15, 0.2) is 0 Å². The van der Waals surface area contributed by atoms with Crippen LogP contribution in [0.5, 0.6) is 0 Å². The third-order valence-electron chi connectivity index (χ3n) is 4.90. The molecule has 1 heterocycles. The van der Waals surface area contributed by atoms with E-state index in [2.05, 4.69) is 41.8 Å². The van der Waals surface area contributed by atoms with Crippen molar-refractivity contribution in [3.05, 3.63) is 29.8 Å². The molecule has 2 heteroatoms. The van der Waals surface area contributed by atoms with Crippen LogP contribution in [0.1, 0.15) is 38.2 Å². The summed E-state index contributed by atoms with van der Waals surface area (Å²) in [5, 5.41) is 7.31. The molecule has 2 nitrogen and oxygen atoms in total. The molecule has 1 aromatic carbocycles. The highest BCUT2D eigenvalue weighted by Gasteiger charge is 2.34. The molecule has 1 saturated carbocycles. The second-order valence-electron chi connectivity index (χ2n) is 6.04. The predicted octanol–water partition coefficient (Wildman–Crippen LogP) is 3.19. The Kier molecular flexibility index (Phi) is 3.29. The monoisotopic (exact) mass is 244 g/mol. The normalized spacial score (nSPS) is 24.2. The molecule has 0 aromatic heterocycles. The summed E-state index contributed by atoms with van der Waals surface area (Å²) in [5.41, 5.74) is 3.43. The van der Waals surface area contributed by atoms with Gasteiger partial charge in [-0.05, 0) is 42.7 Å². The number of nitrogens with one attached hydrogen (secondary N) is 2. The van der Waals surface area contributed by atoms with Crippen LogP contribution in [0.4, 0.5) is 5.69 Å². The average molecular weight is 244 g/mol. The zero-order valence-corrected chi connectivity index (χ0v) is 11.3. The molecule has 0 radical (unpaired) electrons. The summed E-state index contributed by atoms with van der Waals surface area (Å²) in [7, 11) is 0. The summed E-state index contributed by atoms with van der Waals surface area (Å²) in [6.45, 7) is 4.64. The van der Waals surface area contributed by atoms with Gasteiger partial charge in [0, 0.05) is 24.8 Å². The lowest BCUT2D eigenvalue weighted by Crippen LogP contribution is -2.42. The molecule has 18 heavy (non-hydrogen) atoms. The molecule has 2 N–H and O–H groups in total. The average Bonchev–Trinajstić information content (AvgIpc) is 2.75. The fraction of sp³-hybridized carbons (Fsp3) is 0.625. The molecular weight excluding hydrogens is 220 g/mol. The Morgan fingerprint density at radius 2 is 2.17 bits per heavy atom. The number of hydrogen-bond donors (Lipinski definition) is 2. The van der Waals surface area contributed by atoms with Gasteiger partial charge in [-0.2, -0.15) is 0 Å². The quantitative estimate of drug-likeness (QED) is 0.831. The van der Waals surface area contributed by atoms with Crippen molar-refractivity contribution in [1.82, 2.24) is 5.32 Å². The van der Waals surface area contributed by atoms with E-state index < -0.39 is 0 Å². The molecule has 1 unspecified atom stereocenters. The Balaban J connectivity index is 1.46. The summed E-state index contributed by atoms with van der Waals surface area (Å²) in [4.78, 5) is 0. The summed E-state index contributed by atoms with van der Waals surface area (Å²) in [5.74, 6) is 0. The molecular formula is C16H24N2. The Morgan fingerprint density at radius 3 is 2.83 bits per heavy atom. The van der Waals surface area contributed by atoms with Crippen molar-refractivity contribution in [2.75, 3.05) is 18.4 Å². The third-order valence-corrected chi connectivity index (χ3v) is 4.90. The minimum atomic E-state index is 0.580. The van der Waals surface area contributed by atoms with Crippen LogP contribution in [0.15, 0.2) is 24.3 Å². The highest BCUT2D eigenvalue weighted by atomic mass is 15.0. The molecule has 1 fully saturated rings. The minimum Gasteiger partial charge on any atom is -0.380 e. The van der Waals surface area contributed by atoms with E-state index in [1.165, 1.54) is 49.9 Å². The van der Waals surface area contributed by atoms with Crippen LogP contribution < -0.4 is 10.6 Å². The van der Waals surface area contributed by atoms with Crippen LogP contribution in [-0.2, 0) is 6.42 Å². The van der Waals surface area contributed by atoms with Crippen LogP contribution >= 0.6 is 0 Å². The maximum absolute atomic E-state index is 3.69. The Labute approximate surface area is 110 Å². The fourth-order valence-corrected chi connectivity index (χ4v) is 3.34. The van der Waals surface area contributed by atoms with E-state index in [1.807, 2.05) is 0 Å². The standard InChI is InChI=1S/C16H24N2/c1-2-16(8-5-9-16)12-17-11-14-10-13-6-3-4-7-15(13)18-14/h3-4,6-7,14,17-18H,2,5,8-12H2,1H3. The van der Waals surface area contributed by atoms with E-state index >= 15 is 0 Å². The largest absolute Gasteiger partial charge is 0.380 e. The zero-order chi connectivity index (χ0) is 12.4. The topological polar surface area (TPSA) is 24.1 Å². The molecule has 98 valence electrons. The summed E-state index contributed by atoms with van der Waals surface area (Å²) >= 11 is 0. The second kappa shape index (κ2) is 4.93. The first kappa shape index (κ1) is 12.0. The van der Waals surface area contributed by atoms with E-state index in [1.54, 1.807) is 0 Å². The van der Waals surface area contributed by atoms with E-state index in [9.17, 15) is 0 Å². The fourth-order valence-electron chi connectivity index (χ4n) is 3.34. The minimum absolute atomic E-state index is 0.580. The smallest absolute Gasteiger partial charge is 0.0427 e. The molecule has 0 saturated heterocycles. The molecule has 0 bridgehead atoms. The van der Waals surface area contributed by atoms with Gasteiger partial charge in [0.05, 0.1) is 0 Å². The molecule has 3 rings (SSSR count). The van der Waals surface area contributed by atoms with Crippen molar-refractivity contribution in [2.24, 2.45) is 5.41 Å². The van der Waals surface area contributed by atoms with Crippen LogP contribution in [0.2, 0.25) is 0 Å². The number of hydrogen-bond acceptors (Lipinski definition) is 2. The summed E-state index contributed by atoms with van der Waals surface area (Å²) in [6, 6.07) is 9.26. The Hall–Kier alpha value is -1.02. The predicted molar refractivity (Wildman–Crippen MR) is 77.0 cm³/mol. The van der Waals surface area contributed by atoms with Crippen LogP contribution in [0.3, 0.4) is 0 Å². The summed E-state index contributed by atoms with van der Waals surface area (Å²) in [6.07, 6.45) is 6.78. The second-order valence-corrected chi connectivity index (χ2v) is 6.04. The van der Waals surface area contributed by atoms with E-state index in [0.717, 1.165) is 6.54 Å². The molecule has 0 amide bonds. The van der Waals surface area contributed by atoms with Crippen molar-refractivity contribution in [2.45, 2.75) is 45.1 Å². The number of benzene rings is 1. The van der Waals surface area contributed by atoms with Gasteiger partial charge in [0.25, 0.3) is 0 Å². The van der Waals surface area contributed by atoms with Gasteiger partial charge in [-0.25, -0.2) is 0 Å². The van der Waals surface area contributed by atoms with Crippen LogP contribution in [0, 0.1) is 5.41 Å². The maximum atomic E-state index is 3.69. The van der Waals surface area contributed by atoms with Crippen molar-refractivity contribution in [1.29, 1.82) is 0 Å². The number of anilines is 1. The molecule has 1 aliphatic heterocycles. The van der Waals surface area contributed by atoms with E-state index in [4.69, 9.17) is 0 Å². The molecule has 2 aliphatic rings. The molecule has 1 aromatic rings. The number of fused-ring (bicyclic) bond motifs is 1. The van der Waals surface area contributed by atoms with Crippen molar-refractivity contribution >= 4 is 5.69 Å². The van der Waals surface area contributed by atoms with Gasteiger partial charge in [-0.15, -0.1) is 0 Å². The van der Waals surface area contributed by atoms with Gasteiger partial charge >= 0.3 is 0 Å². The lowest BCUT2D eigenvalue weighted by atomic mass is 9.67. The maximum Gasteiger partial charge on any atom is 0.0427 e. The molecule has 1 aliphatic carbocycles. The van der Waals surface area contributed by atoms with Crippen LogP contribution in [-0.4, -0.2) is 19.1 Å². The first-order chi connectivity index (χ1) is 8.81. The first-order valence-corrected chi connectivity index (χ1v) is 7.36. The van der Waals surface area contributed by atoms with Crippen LogP contribution in [0.25, 0.3) is 0 Å². The van der Waals surface area contributed by atoms with Crippen molar-refractivity contribution in [3.8, 4) is 0 Å². The highest BCUT2D eigenvalue weighted by Crippen LogP contribution is 2.43. The number of para-hydroxylation sites is 1. The lowest BCUT2D eigenvalue weighted by Gasteiger charge is -2.41. The van der Waals surface area contributed by atoms with Gasteiger partial charge in [0.1, 0.15) is 0 Å². The first-order valence-electron chi connectivity index (χ1n) is 7.36. The van der Waals surface area contributed by atoms with Gasteiger partial charge in [0.2, 0.25) is 0 Å². The van der Waals surface area contributed by atoms with Gasteiger partial charge in [-0.1, -0.05) is 31.5 Å². The molecule has 1 atom stereocenters. The lowest BCUT2D eigenvalue weighted by molar-refractivity contribution is 0.124. The number of rotatable bonds is 5. The van der Waals surface area contributed by atoms with Gasteiger partial charge < -0.3 is 10.6 Å². The Morgan fingerprint density at radius 1 is 1.33 bits per heavy atom.